The first-order valence-electron chi connectivity index (χ1n) is 3.50. The predicted octanol–water partition coefficient (Wildman–Crippen LogP) is -1.45. The Morgan fingerprint density at radius 3 is 2.92 bits per heavy atom. The van der Waals surface area contributed by atoms with Crippen molar-refractivity contribution in [2.24, 2.45) is 0 Å². The lowest BCUT2D eigenvalue weighted by Crippen LogP contribution is -2.44. The zero-order valence-corrected chi connectivity index (χ0v) is 6.19. The number of carbonyl (C=O) groups is 1. The summed E-state index contributed by atoms with van der Waals surface area (Å²) in [5.74, 6) is -2.87. The highest BCUT2D eigenvalue weighted by molar-refractivity contribution is 6.01. The van der Waals surface area contributed by atoms with Crippen molar-refractivity contribution in [2.45, 2.75) is 18.0 Å². The number of ketones is 1. The predicted molar refractivity (Wildman–Crippen MR) is 35.9 cm³/mol. The van der Waals surface area contributed by atoms with E-state index >= 15 is 0 Å². The van der Waals surface area contributed by atoms with Gasteiger partial charge in [-0.25, -0.2) is 0 Å². The number of rotatable bonds is 0. The van der Waals surface area contributed by atoms with Gasteiger partial charge < -0.3 is 19.7 Å². The third-order valence-electron chi connectivity index (χ3n) is 2.06. The normalized spacial score (nSPS) is 46.2. The molecule has 0 aromatic rings. The van der Waals surface area contributed by atoms with Crippen LogP contribution in [0.3, 0.4) is 0 Å². The highest BCUT2D eigenvalue weighted by Gasteiger charge is 2.62. The Morgan fingerprint density at radius 2 is 2.33 bits per heavy atom. The maximum absolute atomic E-state index is 11.1. The Labute approximate surface area is 68.2 Å². The van der Waals surface area contributed by atoms with Crippen LogP contribution < -0.4 is 0 Å². The van der Waals surface area contributed by atoms with E-state index in [0.29, 0.717) is 0 Å². The maximum atomic E-state index is 11.1. The molecule has 2 heterocycles. The summed E-state index contributed by atoms with van der Waals surface area (Å²) in [5, 5.41) is 18.7. The van der Waals surface area contributed by atoms with E-state index < -0.39 is 23.8 Å². The van der Waals surface area contributed by atoms with E-state index in [1.165, 1.54) is 0 Å². The number of hydrogen-bond acceptors (Lipinski definition) is 5. The maximum Gasteiger partial charge on any atom is 0.275 e. The standard InChI is InChI=1S/C7H8O5/c1-3-5(9)7(10)6(12-3)4(8)2-11-7/h4,6,8,10H,1-2H2. The molecule has 0 bridgehead atoms. The minimum atomic E-state index is -2.00. The van der Waals surface area contributed by atoms with Gasteiger partial charge in [-0.05, 0) is 0 Å². The molecule has 2 aliphatic rings. The van der Waals surface area contributed by atoms with Crippen LogP contribution in [0.2, 0.25) is 0 Å². The van der Waals surface area contributed by atoms with Crippen molar-refractivity contribution >= 4 is 5.78 Å². The van der Waals surface area contributed by atoms with Gasteiger partial charge in [-0.3, -0.25) is 4.79 Å². The lowest BCUT2D eigenvalue weighted by Gasteiger charge is -2.16. The van der Waals surface area contributed by atoms with E-state index in [-0.39, 0.29) is 12.4 Å². The molecule has 0 spiro atoms. The van der Waals surface area contributed by atoms with Gasteiger partial charge in [0.1, 0.15) is 6.10 Å². The number of ether oxygens (including phenoxy) is 2. The molecule has 0 amide bonds. The van der Waals surface area contributed by atoms with Gasteiger partial charge in [0, 0.05) is 0 Å². The molecular formula is C7H8O5. The quantitative estimate of drug-likeness (QED) is 0.437. The molecule has 0 aliphatic carbocycles. The highest BCUT2D eigenvalue weighted by atomic mass is 16.7. The summed E-state index contributed by atoms with van der Waals surface area (Å²) in [6, 6.07) is 0. The van der Waals surface area contributed by atoms with Crippen LogP contribution in [0.25, 0.3) is 0 Å². The number of hydrogen-bond donors (Lipinski definition) is 2. The van der Waals surface area contributed by atoms with Gasteiger partial charge in [-0.1, -0.05) is 6.58 Å². The number of Topliss-reactive ketones (excluding diaryl/α,β-unsaturated/α-hetero) is 1. The lowest BCUT2D eigenvalue weighted by molar-refractivity contribution is -0.190. The third-order valence-corrected chi connectivity index (χ3v) is 2.06. The summed E-state index contributed by atoms with van der Waals surface area (Å²) in [5.41, 5.74) is 0. The molecule has 3 atom stereocenters. The van der Waals surface area contributed by atoms with Crippen LogP contribution >= 0.6 is 0 Å². The van der Waals surface area contributed by atoms with Crippen molar-refractivity contribution in [2.75, 3.05) is 6.61 Å². The molecule has 0 saturated carbocycles. The van der Waals surface area contributed by atoms with Crippen LogP contribution in [0.15, 0.2) is 12.3 Å². The van der Waals surface area contributed by atoms with Crippen molar-refractivity contribution in [3.63, 3.8) is 0 Å². The van der Waals surface area contributed by atoms with Gasteiger partial charge in [0.2, 0.25) is 0 Å². The van der Waals surface area contributed by atoms with Crippen molar-refractivity contribution < 1.29 is 24.5 Å². The highest BCUT2D eigenvalue weighted by Crippen LogP contribution is 2.36. The van der Waals surface area contributed by atoms with E-state index in [1.54, 1.807) is 0 Å². The SMILES string of the molecule is C=C1OC2C(O)COC2(O)C1=O. The summed E-state index contributed by atoms with van der Waals surface area (Å²) in [6.07, 6.45) is -1.99. The molecule has 0 aromatic heterocycles. The second-order valence-electron chi connectivity index (χ2n) is 2.87. The molecule has 0 radical (unpaired) electrons. The van der Waals surface area contributed by atoms with Crippen LogP contribution in [0.5, 0.6) is 0 Å². The van der Waals surface area contributed by atoms with Crippen molar-refractivity contribution in [3.05, 3.63) is 12.3 Å². The molecule has 3 unspecified atom stereocenters. The first-order valence-corrected chi connectivity index (χ1v) is 3.50. The molecule has 5 nitrogen and oxygen atoms in total. The monoisotopic (exact) mass is 172 g/mol. The fourth-order valence-electron chi connectivity index (χ4n) is 1.40. The van der Waals surface area contributed by atoms with Crippen molar-refractivity contribution in [1.82, 2.24) is 0 Å². The Balaban J connectivity index is 2.38. The molecular weight excluding hydrogens is 164 g/mol. The summed E-state index contributed by atoms with van der Waals surface area (Å²) >= 11 is 0. The van der Waals surface area contributed by atoms with Crippen LogP contribution in [0.1, 0.15) is 0 Å². The Kier molecular flexibility index (Phi) is 1.33. The number of aliphatic hydroxyl groups excluding tert-OH is 1. The molecule has 0 aromatic carbocycles. The van der Waals surface area contributed by atoms with Gasteiger partial charge in [-0.15, -0.1) is 0 Å². The fourth-order valence-corrected chi connectivity index (χ4v) is 1.40. The Bertz CT molecular complexity index is 261. The van der Waals surface area contributed by atoms with E-state index in [9.17, 15) is 15.0 Å². The fraction of sp³-hybridized carbons (Fsp3) is 0.571. The molecule has 12 heavy (non-hydrogen) atoms. The second-order valence-corrected chi connectivity index (χ2v) is 2.87. The third kappa shape index (κ3) is 0.703. The molecule has 2 N–H and O–H groups in total. The summed E-state index contributed by atoms with van der Waals surface area (Å²) in [7, 11) is 0. The first kappa shape index (κ1) is 7.72. The van der Waals surface area contributed by atoms with E-state index in [2.05, 4.69) is 6.58 Å². The van der Waals surface area contributed by atoms with E-state index in [1.807, 2.05) is 0 Å². The smallest absolute Gasteiger partial charge is 0.275 e. The van der Waals surface area contributed by atoms with Crippen LogP contribution in [0, 0.1) is 0 Å². The average molecular weight is 172 g/mol. The summed E-state index contributed by atoms with van der Waals surface area (Å²) < 4.78 is 9.57. The first-order chi connectivity index (χ1) is 5.55. The number of carbonyl (C=O) groups excluding carboxylic acids is 1. The zero-order chi connectivity index (χ0) is 8.93. The minimum absolute atomic E-state index is 0.0970. The zero-order valence-electron chi connectivity index (χ0n) is 6.19. The molecule has 2 rings (SSSR count). The van der Waals surface area contributed by atoms with Gasteiger partial charge >= 0.3 is 0 Å². The van der Waals surface area contributed by atoms with Crippen LogP contribution in [0.4, 0.5) is 0 Å². The largest absolute Gasteiger partial charge is 0.478 e. The van der Waals surface area contributed by atoms with Crippen molar-refractivity contribution in [3.8, 4) is 0 Å². The van der Waals surface area contributed by atoms with Crippen LogP contribution in [-0.2, 0) is 14.3 Å². The average Bonchev–Trinajstić information content (AvgIpc) is 2.42. The molecule has 66 valence electrons. The Morgan fingerprint density at radius 1 is 1.67 bits per heavy atom. The molecule has 2 saturated heterocycles. The van der Waals surface area contributed by atoms with Gasteiger partial charge in [0.05, 0.1) is 6.61 Å². The summed E-state index contributed by atoms with van der Waals surface area (Å²) in [6.45, 7) is 3.18. The number of fused-ring (bicyclic) bond motifs is 1. The van der Waals surface area contributed by atoms with Crippen LogP contribution in [-0.4, -0.2) is 40.6 Å². The van der Waals surface area contributed by atoms with E-state index in [4.69, 9.17) is 9.47 Å². The van der Waals surface area contributed by atoms with Gasteiger partial charge in [-0.2, -0.15) is 0 Å². The topological polar surface area (TPSA) is 76.0 Å². The minimum Gasteiger partial charge on any atom is -0.478 e. The molecule has 2 aliphatic heterocycles. The molecule has 5 heteroatoms. The van der Waals surface area contributed by atoms with Crippen molar-refractivity contribution in [1.29, 1.82) is 0 Å². The van der Waals surface area contributed by atoms with E-state index in [0.717, 1.165) is 0 Å². The van der Waals surface area contributed by atoms with Gasteiger partial charge in [0.25, 0.3) is 11.6 Å². The lowest BCUT2D eigenvalue weighted by atomic mass is 10.1. The summed E-state index contributed by atoms with van der Waals surface area (Å²) in [4.78, 5) is 11.1. The second kappa shape index (κ2) is 2.07. The van der Waals surface area contributed by atoms with Gasteiger partial charge in [0.15, 0.2) is 11.9 Å². The number of aliphatic hydroxyl groups is 2. The molecule has 2 fully saturated rings. The Hall–Kier alpha value is -0.910.